The Balaban J connectivity index is 1.55. The number of carbonyl (C=O) groups excluding carboxylic acids is 2. The van der Waals surface area contributed by atoms with Crippen LogP contribution in [0.5, 0.6) is 5.75 Å². The van der Waals surface area contributed by atoms with Crippen LogP contribution in [0.25, 0.3) is 0 Å². The zero-order valence-electron chi connectivity index (χ0n) is 15.5. The van der Waals surface area contributed by atoms with Crippen molar-refractivity contribution in [2.24, 2.45) is 0 Å². The van der Waals surface area contributed by atoms with Gasteiger partial charge in [-0.25, -0.2) is 0 Å². The molecule has 2 aromatic carbocycles. The smallest absolute Gasteiger partial charge is 0.270 e. The van der Waals surface area contributed by atoms with Crippen LogP contribution in [0.3, 0.4) is 0 Å². The van der Waals surface area contributed by atoms with E-state index in [1.165, 1.54) is 31.4 Å². The minimum Gasteiger partial charge on any atom is -0.495 e. The van der Waals surface area contributed by atoms with Crippen molar-refractivity contribution in [1.29, 1.82) is 0 Å². The molecule has 0 atom stereocenters. The highest BCUT2D eigenvalue weighted by Gasteiger charge is 2.15. The molecule has 154 valence electrons. The van der Waals surface area contributed by atoms with Crippen molar-refractivity contribution in [2.45, 2.75) is 4.34 Å². The Morgan fingerprint density at radius 2 is 1.97 bits per heavy atom. The van der Waals surface area contributed by atoms with Gasteiger partial charge in [0.05, 0.1) is 23.5 Å². The Labute approximate surface area is 178 Å². The molecule has 3 rings (SSSR count). The van der Waals surface area contributed by atoms with E-state index in [9.17, 15) is 19.7 Å². The Hall–Kier alpha value is -3.51. The number of anilines is 2. The van der Waals surface area contributed by atoms with Crippen LogP contribution in [0.2, 0.25) is 0 Å². The molecule has 0 aliphatic carbocycles. The third-order valence-corrected chi connectivity index (χ3v) is 5.63. The van der Waals surface area contributed by atoms with Crippen LogP contribution in [-0.4, -0.2) is 39.8 Å². The van der Waals surface area contributed by atoms with Gasteiger partial charge in [-0.2, -0.15) is 0 Å². The van der Waals surface area contributed by atoms with Gasteiger partial charge < -0.3 is 10.1 Å². The number of amides is 2. The van der Waals surface area contributed by atoms with Crippen LogP contribution in [0.15, 0.2) is 52.9 Å². The van der Waals surface area contributed by atoms with E-state index < -0.39 is 10.8 Å². The maximum absolute atomic E-state index is 12.3. The van der Waals surface area contributed by atoms with E-state index in [4.69, 9.17) is 4.74 Å². The summed E-state index contributed by atoms with van der Waals surface area (Å²) in [7, 11) is 1.52. The normalized spacial score (nSPS) is 10.3. The van der Waals surface area contributed by atoms with Crippen LogP contribution in [0.1, 0.15) is 10.4 Å². The maximum Gasteiger partial charge on any atom is 0.270 e. The number of non-ortho nitro benzene ring substituents is 1. The zero-order chi connectivity index (χ0) is 21.5. The summed E-state index contributed by atoms with van der Waals surface area (Å²) in [5.41, 5.74) is 0.509. The van der Waals surface area contributed by atoms with Crippen molar-refractivity contribution < 1.29 is 19.2 Å². The third kappa shape index (κ3) is 5.52. The molecule has 30 heavy (non-hydrogen) atoms. The first-order valence-electron chi connectivity index (χ1n) is 8.41. The monoisotopic (exact) mass is 445 g/mol. The summed E-state index contributed by atoms with van der Waals surface area (Å²) in [5.74, 6) is -0.147. The average Bonchev–Trinajstić information content (AvgIpc) is 3.20. The van der Waals surface area contributed by atoms with Gasteiger partial charge in [0.15, 0.2) is 4.34 Å². The molecule has 0 unspecified atom stereocenters. The molecule has 0 aliphatic heterocycles. The van der Waals surface area contributed by atoms with E-state index >= 15 is 0 Å². The number of methoxy groups -OCH3 is 1. The van der Waals surface area contributed by atoms with Gasteiger partial charge in [0.1, 0.15) is 5.75 Å². The lowest BCUT2D eigenvalue weighted by Crippen LogP contribution is -2.14. The summed E-state index contributed by atoms with van der Waals surface area (Å²) in [6.07, 6.45) is 0. The number of para-hydroxylation sites is 2. The quantitative estimate of drug-likeness (QED) is 0.233. The highest BCUT2D eigenvalue weighted by atomic mass is 32.2. The van der Waals surface area contributed by atoms with Gasteiger partial charge in [-0.15, -0.1) is 10.2 Å². The number of hydrogen-bond donors (Lipinski definition) is 2. The molecule has 0 saturated carbocycles. The number of benzene rings is 2. The first-order chi connectivity index (χ1) is 14.5. The molecule has 10 nitrogen and oxygen atoms in total. The minimum absolute atomic E-state index is 0.0888. The van der Waals surface area contributed by atoms with E-state index in [2.05, 4.69) is 20.8 Å². The van der Waals surface area contributed by atoms with Gasteiger partial charge in [-0.05, 0) is 18.2 Å². The number of nitrogens with zero attached hydrogens (tertiary/aromatic N) is 3. The second kappa shape index (κ2) is 9.80. The number of nitro groups is 1. The minimum atomic E-state index is -0.577. The van der Waals surface area contributed by atoms with Crippen molar-refractivity contribution in [3.63, 3.8) is 0 Å². The number of nitro benzene ring substituents is 1. The summed E-state index contributed by atoms with van der Waals surface area (Å²) in [6.45, 7) is 0. The van der Waals surface area contributed by atoms with Crippen molar-refractivity contribution in [3.8, 4) is 5.75 Å². The molecule has 0 aliphatic rings. The molecule has 2 N–H and O–H groups in total. The molecule has 2 amide bonds. The average molecular weight is 445 g/mol. The summed E-state index contributed by atoms with van der Waals surface area (Å²) in [4.78, 5) is 34.7. The van der Waals surface area contributed by atoms with Gasteiger partial charge in [0.25, 0.3) is 11.6 Å². The lowest BCUT2D eigenvalue weighted by Gasteiger charge is -2.08. The summed E-state index contributed by atoms with van der Waals surface area (Å²) in [5, 5.41) is 24.1. The molecule has 12 heteroatoms. The second-order valence-electron chi connectivity index (χ2n) is 5.67. The van der Waals surface area contributed by atoms with Crippen molar-refractivity contribution in [3.05, 3.63) is 64.2 Å². The van der Waals surface area contributed by atoms with Crippen LogP contribution in [-0.2, 0) is 4.79 Å². The number of nitrogens with one attached hydrogen (secondary N) is 2. The first kappa shape index (κ1) is 21.2. The number of carbonyl (C=O) groups is 2. The molecule has 1 aromatic heterocycles. The van der Waals surface area contributed by atoms with E-state index in [1.807, 2.05) is 0 Å². The van der Waals surface area contributed by atoms with Gasteiger partial charge in [-0.1, -0.05) is 41.3 Å². The third-order valence-electron chi connectivity index (χ3n) is 3.65. The second-order valence-corrected chi connectivity index (χ2v) is 7.87. The van der Waals surface area contributed by atoms with Crippen LogP contribution < -0.4 is 15.4 Å². The number of thioether (sulfide) groups is 1. The lowest BCUT2D eigenvalue weighted by atomic mass is 10.2. The summed E-state index contributed by atoms with van der Waals surface area (Å²) >= 11 is 2.26. The van der Waals surface area contributed by atoms with Crippen LogP contribution in [0.4, 0.5) is 16.5 Å². The van der Waals surface area contributed by atoms with Crippen molar-refractivity contribution in [2.75, 3.05) is 23.5 Å². The van der Waals surface area contributed by atoms with E-state index in [-0.39, 0.29) is 28.0 Å². The number of ether oxygens (including phenoxy) is 1. The molecule has 0 bridgehead atoms. The standard InChI is InChI=1S/C18H15N5O5S2/c1-28-14-8-3-2-7-13(14)19-15(24)10-29-18-22-21-17(30-18)20-16(25)11-5-4-6-12(9-11)23(26)27/h2-9H,10H2,1H3,(H,19,24)(H,20,21,25). The predicted octanol–water partition coefficient (Wildman–Crippen LogP) is 3.44. The van der Waals surface area contributed by atoms with E-state index in [1.54, 1.807) is 24.3 Å². The largest absolute Gasteiger partial charge is 0.495 e. The molecule has 0 radical (unpaired) electrons. The Kier molecular flexibility index (Phi) is 6.93. The van der Waals surface area contributed by atoms with Crippen LogP contribution >= 0.6 is 23.1 Å². The van der Waals surface area contributed by atoms with Crippen molar-refractivity contribution in [1.82, 2.24) is 10.2 Å². The molecule has 1 heterocycles. The van der Waals surface area contributed by atoms with Crippen LogP contribution in [0, 0.1) is 10.1 Å². The van der Waals surface area contributed by atoms with E-state index in [0.717, 1.165) is 23.1 Å². The Morgan fingerprint density at radius 1 is 1.17 bits per heavy atom. The van der Waals surface area contributed by atoms with Gasteiger partial charge in [-0.3, -0.25) is 25.0 Å². The number of aromatic nitrogens is 2. The van der Waals surface area contributed by atoms with Gasteiger partial charge >= 0.3 is 0 Å². The molecular weight excluding hydrogens is 430 g/mol. The van der Waals surface area contributed by atoms with E-state index in [0.29, 0.717) is 15.8 Å². The SMILES string of the molecule is COc1ccccc1NC(=O)CSc1nnc(NC(=O)c2cccc([N+](=O)[O-])c2)s1. The fourth-order valence-electron chi connectivity index (χ4n) is 2.31. The van der Waals surface area contributed by atoms with Crippen molar-refractivity contribution >= 4 is 51.4 Å². The topological polar surface area (TPSA) is 136 Å². The number of rotatable bonds is 8. The lowest BCUT2D eigenvalue weighted by molar-refractivity contribution is -0.384. The summed E-state index contributed by atoms with van der Waals surface area (Å²) in [6, 6.07) is 12.4. The highest BCUT2D eigenvalue weighted by Crippen LogP contribution is 2.27. The number of hydrogen-bond acceptors (Lipinski definition) is 9. The molecule has 0 saturated heterocycles. The fraction of sp³-hybridized carbons (Fsp3) is 0.111. The van der Waals surface area contributed by atoms with Gasteiger partial charge in [0, 0.05) is 17.7 Å². The predicted molar refractivity (Wildman–Crippen MR) is 113 cm³/mol. The van der Waals surface area contributed by atoms with Gasteiger partial charge in [0.2, 0.25) is 11.0 Å². The molecular formula is C18H15N5O5S2. The Bertz CT molecular complexity index is 1090. The molecule has 0 fully saturated rings. The molecule has 3 aromatic rings. The molecule has 0 spiro atoms. The first-order valence-corrected chi connectivity index (χ1v) is 10.2. The summed E-state index contributed by atoms with van der Waals surface area (Å²) < 4.78 is 5.67. The highest BCUT2D eigenvalue weighted by molar-refractivity contribution is 8.01. The zero-order valence-corrected chi connectivity index (χ0v) is 17.2. The fourth-order valence-corrected chi connectivity index (χ4v) is 3.86. The Morgan fingerprint density at radius 3 is 2.73 bits per heavy atom. The maximum atomic E-state index is 12.3.